The van der Waals surface area contributed by atoms with Gasteiger partial charge in [0.05, 0.1) is 0 Å². The van der Waals surface area contributed by atoms with Gasteiger partial charge in [0.1, 0.15) is 0 Å². The van der Waals surface area contributed by atoms with Gasteiger partial charge in [0.2, 0.25) is 0 Å². The number of likely N-dealkylation sites (tertiary alicyclic amines) is 1. The Hall–Kier alpha value is -1.16. The first-order valence-corrected chi connectivity index (χ1v) is 9.80. The summed E-state index contributed by atoms with van der Waals surface area (Å²) in [7, 11) is 0. The molecule has 1 saturated heterocycles. The van der Waals surface area contributed by atoms with E-state index < -0.39 is 0 Å². The molecule has 0 spiro atoms. The van der Waals surface area contributed by atoms with Crippen LogP contribution in [0.2, 0.25) is 0 Å². The molecule has 1 aromatic carbocycles. The molecule has 0 bridgehead atoms. The van der Waals surface area contributed by atoms with Gasteiger partial charge in [0.15, 0.2) is 0 Å². The Morgan fingerprint density at radius 3 is 2.48 bits per heavy atom. The Balaban J connectivity index is 1.55. The summed E-state index contributed by atoms with van der Waals surface area (Å²) in [5.74, 6) is 0. The Bertz CT molecular complexity index is 556. The van der Waals surface area contributed by atoms with Gasteiger partial charge in [-0.1, -0.05) is 37.3 Å². The van der Waals surface area contributed by atoms with E-state index in [1.807, 2.05) is 11.3 Å². The molecule has 1 aliphatic heterocycles. The highest BCUT2D eigenvalue weighted by molar-refractivity contribution is 7.13. The van der Waals surface area contributed by atoms with Gasteiger partial charge in [-0.3, -0.25) is 4.90 Å². The maximum absolute atomic E-state index is 2.61. The number of nitrogens with zero attached hydrogens (tertiary/aromatic N) is 2. The van der Waals surface area contributed by atoms with Crippen LogP contribution in [0.25, 0.3) is 10.4 Å². The van der Waals surface area contributed by atoms with E-state index in [0.29, 0.717) is 0 Å². The summed E-state index contributed by atoms with van der Waals surface area (Å²) in [5.41, 5.74) is 2.77. The molecule has 2 heterocycles. The summed E-state index contributed by atoms with van der Waals surface area (Å²) in [6.45, 7) is 9.58. The topological polar surface area (TPSA) is 6.48 Å². The van der Waals surface area contributed by atoms with Crippen molar-refractivity contribution in [3.05, 3.63) is 47.3 Å². The van der Waals surface area contributed by atoms with Crippen LogP contribution in [0.3, 0.4) is 0 Å². The third-order valence-corrected chi connectivity index (χ3v) is 5.56. The molecule has 0 radical (unpaired) electrons. The molecule has 3 heteroatoms. The number of hydrogen-bond acceptors (Lipinski definition) is 3. The molecule has 1 aromatic heterocycles. The molecule has 3 rings (SSSR count). The highest BCUT2D eigenvalue weighted by Crippen LogP contribution is 2.25. The minimum absolute atomic E-state index is 1.08. The Morgan fingerprint density at radius 1 is 1.04 bits per heavy atom. The minimum Gasteiger partial charge on any atom is -0.302 e. The lowest BCUT2D eigenvalue weighted by molar-refractivity contribution is 0.219. The first-order chi connectivity index (χ1) is 11.3. The van der Waals surface area contributed by atoms with Crippen molar-refractivity contribution in [1.29, 1.82) is 0 Å². The summed E-state index contributed by atoms with van der Waals surface area (Å²) in [5, 5.41) is 2.14. The molecule has 0 aliphatic carbocycles. The van der Waals surface area contributed by atoms with Gasteiger partial charge >= 0.3 is 0 Å². The van der Waals surface area contributed by atoms with Gasteiger partial charge in [0.25, 0.3) is 0 Å². The Labute approximate surface area is 144 Å². The van der Waals surface area contributed by atoms with E-state index in [1.54, 1.807) is 0 Å². The third kappa shape index (κ3) is 4.90. The van der Waals surface area contributed by atoms with Crippen LogP contribution in [0, 0.1) is 0 Å². The first-order valence-electron chi connectivity index (χ1n) is 8.92. The molecular formula is C20H28N2S. The quantitative estimate of drug-likeness (QED) is 0.691. The normalized spacial score (nSPS) is 15.6. The number of hydrogen-bond donors (Lipinski definition) is 0. The molecule has 2 nitrogen and oxygen atoms in total. The van der Waals surface area contributed by atoms with Gasteiger partial charge in [-0.15, -0.1) is 11.3 Å². The van der Waals surface area contributed by atoms with E-state index in [-0.39, 0.29) is 0 Å². The molecule has 0 amide bonds. The van der Waals surface area contributed by atoms with Crippen molar-refractivity contribution in [2.75, 3.05) is 32.7 Å². The van der Waals surface area contributed by atoms with E-state index in [4.69, 9.17) is 0 Å². The van der Waals surface area contributed by atoms with Crippen LogP contribution in [-0.4, -0.2) is 42.5 Å². The third-order valence-electron chi connectivity index (χ3n) is 4.64. The zero-order chi connectivity index (χ0) is 15.9. The second kappa shape index (κ2) is 8.62. The number of benzene rings is 1. The lowest BCUT2D eigenvalue weighted by Crippen LogP contribution is -2.34. The summed E-state index contributed by atoms with van der Waals surface area (Å²) in [4.78, 5) is 6.58. The lowest BCUT2D eigenvalue weighted by Gasteiger charge is -2.25. The maximum Gasteiger partial charge on any atom is 0.0342 e. The molecule has 2 aromatic rings. The fraction of sp³-hybridized carbons (Fsp3) is 0.500. The predicted molar refractivity (Wildman–Crippen MR) is 101 cm³/mol. The standard InChI is InChI=1S/C20H28N2S/c1-2-11-22(15-14-21-12-3-4-13-21)17-18-7-9-19(10-8-18)20-6-5-16-23-20/h5-10,16H,2-4,11-15,17H2,1H3. The van der Waals surface area contributed by atoms with E-state index in [0.717, 1.165) is 6.54 Å². The highest BCUT2D eigenvalue weighted by Gasteiger charge is 2.13. The molecule has 0 atom stereocenters. The lowest BCUT2D eigenvalue weighted by atomic mass is 10.1. The smallest absolute Gasteiger partial charge is 0.0342 e. The zero-order valence-electron chi connectivity index (χ0n) is 14.2. The van der Waals surface area contributed by atoms with Gasteiger partial charge in [-0.25, -0.2) is 0 Å². The molecule has 1 fully saturated rings. The summed E-state index contributed by atoms with van der Waals surface area (Å²) >= 11 is 1.81. The summed E-state index contributed by atoms with van der Waals surface area (Å²) < 4.78 is 0. The van der Waals surface area contributed by atoms with Crippen molar-refractivity contribution in [2.45, 2.75) is 32.7 Å². The minimum atomic E-state index is 1.08. The van der Waals surface area contributed by atoms with Gasteiger partial charge in [0, 0.05) is 24.5 Å². The molecule has 0 saturated carbocycles. The number of rotatable bonds is 8. The average Bonchev–Trinajstić information content (AvgIpc) is 3.27. The van der Waals surface area contributed by atoms with Crippen LogP contribution < -0.4 is 0 Å². The van der Waals surface area contributed by atoms with Crippen molar-refractivity contribution in [1.82, 2.24) is 9.80 Å². The van der Waals surface area contributed by atoms with E-state index in [1.165, 1.54) is 68.0 Å². The van der Waals surface area contributed by atoms with Gasteiger partial charge in [-0.05, 0) is 61.5 Å². The van der Waals surface area contributed by atoms with E-state index in [2.05, 4.69) is 58.5 Å². The Morgan fingerprint density at radius 2 is 1.83 bits per heavy atom. The fourth-order valence-electron chi connectivity index (χ4n) is 3.35. The summed E-state index contributed by atoms with van der Waals surface area (Å²) in [6, 6.07) is 13.5. The molecule has 0 N–H and O–H groups in total. The molecule has 23 heavy (non-hydrogen) atoms. The zero-order valence-corrected chi connectivity index (χ0v) is 15.0. The predicted octanol–water partition coefficient (Wildman–Crippen LogP) is 4.72. The average molecular weight is 329 g/mol. The molecular weight excluding hydrogens is 300 g/mol. The van der Waals surface area contributed by atoms with Crippen molar-refractivity contribution < 1.29 is 0 Å². The number of thiophene rings is 1. The van der Waals surface area contributed by atoms with Crippen LogP contribution in [0.15, 0.2) is 41.8 Å². The molecule has 124 valence electrons. The van der Waals surface area contributed by atoms with Crippen molar-refractivity contribution >= 4 is 11.3 Å². The first kappa shape index (κ1) is 16.7. The van der Waals surface area contributed by atoms with Crippen LogP contribution in [0.4, 0.5) is 0 Å². The molecule has 1 aliphatic rings. The van der Waals surface area contributed by atoms with E-state index in [9.17, 15) is 0 Å². The fourth-order valence-corrected chi connectivity index (χ4v) is 4.08. The van der Waals surface area contributed by atoms with Crippen molar-refractivity contribution in [3.63, 3.8) is 0 Å². The molecule has 0 unspecified atom stereocenters. The second-order valence-corrected chi connectivity index (χ2v) is 7.45. The van der Waals surface area contributed by atoms with E-state index >= 15 is 0 Å². The Kier molecular flexibility index (Phi) is 6.26. The van der Waals surface area contributed by atoms with Gasteiger partial charge < -0.3 is 4.90 Å². The summed E-state index contributed by atoms with van der Waals surface area (Å²) in [6.07, 6.45) is 4.00. The van der Waals surface area contributed by atoms with Gasteiger partial charge in [-0.2, -0.15) is 0 Å². The van der Waals surface area contributed by atoms with Crippen molar-refractivity contribution in [3.8, 4) is 10.4 Å². The second-order valence-electron chi connectivity index (χ2n) is 6.50. The highest BCUT2D eigenvalue weighted by atomic mass is 32.1. The maximum atomic E-state index is 2.61. The SMILES string of the molecule is CCCN(CCN1CCCC1)Cc1ccc(-c2cccs2)cc1. The van der Waals surface area contributed by atoms with Crippen LogP contribution in [0.5, 0.6) is 0 Å². The largest absolute Gasteiger partial charge is 0.302 e. The van der Waals surface area contributed by atoms with Crippen LogP contribution >= 0.6 is 11.3 Å². The monoisotopic (exact) mass is 328 g/mol. The van der Waals surface area contributed by atoms with Crippen LogP contribution in [0.1, 0.15) is 31.7 Å². The van der Waals surface area contributed by atoms with Crippen molar-refractivity contribution in [2.24, 2.45) is 0 Å². The van der Waals surface area contributed by atoms with Crippen LogP contribution in [-0.2, 0) is 6.54 Å².